The Morgan fingerprint density at radius 1 is 1.16 bits per heavy atom. The maximum atomic E-state index is 13.8. The van der Waals surface area contributed by atoms with Gasteiger partial charge in [-0.1, -0.05) is 0 Å². The topological polar surface area (TPSA) is 37.8 Å². The van der Waals surface area contributed by atoms with E-state index in [0.29, 0.717) is 23.5 Å². The van der Waals surface area contributed by atoms with Crippen LogP contribution in [0.1, 0.15) is 18.2 Å². The van der Waals surface area contributed by atoms with E-state index in [1.165, 1.54) is 6.07 Å². The number of halogens is 2. The molecule has 3 nitrogen and oxygen atoms in total. The van der Waals surface area contributed by atoms with Crippen molar-refractivity contribution in [1.29, 1.82) is 0 Å². The molecule has 1 N–H and O–H groups in total. The van der Waals surface area contributed by atoms with E-state index < -0.39 is 5.82 Å². The van der Waals surface area contributed by atoms with E-state index in [1.54, 1.807) is 26.0 Å². The first kappa shape index (κ1) is 13.4. The van der Waals surface area contributed by atoms with Gasteiger partial charge in [0.2, 0.25) is 0 Å². The first-order valence-corrected chi connectivity index (χ1v) is 6.07. The summed E-state index contributed by atoms with van der Waals surface area (Å²) in [4.78, 5) is 8.25. The summed E-state index contributed by atoms with van der Waals surface area (Å²) in [7, 11) is 0. The molecule has 0 spiro atoms. The van der Waals surface area contributed by atoms with Crippen molar-refractivity contribution in [2.75, 3.05) is 11.9 Å². The molecule has 2 aromatic rings. The number of nitrogens with zero attached hydrogens (tertiary/aromatic N) is 2. The average Bonchev–Trinajstić information content (AvgIpc) is 2.38. The second-order valence-electron chi connectivity index (χ2n) is 4.29. The van der Waals surface area contributed by atoms with Gasteiger partial charge in [-0.2, -0.15) is 0 Å². The van der Waals surface area contributed by atoms with Crippen molar-refractivity contribution in [2.45, 2.75) is 20.8 Å². The number of nitrogens with one attached hydrogen (secondary N) is 1. The molecule has 2 rings (SSSR count). The molecule has 5 heteroatoms. The second kappa shape index (κ2) is 5.30. The number of rotatable bonds is 3. The molecule has 0 atom stereocenters. The van der Waals surface area contributed by atoms with Gasteiger partial charge in [-0.3, -0.25) is 0 Å². The molecular weight excluding hydrogens is 248 g/mol. The van der Waals surface area contributed by atoms with Crippen molar-refractivity contribution in [3.8, 4) is 11.4 Å². The molecule has 0 aliphatic rings. The number of aryl methyl sites for hydroxylation is 2. The summed E-state index contributed by atoms with van der Waals surface area (Å²) in [6.45, 7) is 5.67. The summed E-state index contributed by atoms with van der Waals surface area (Å²) < 4.78 is 27.0. The van der Waals surface area contributed by atoms with Crippen LogP contribution in [0, 0.1) is 25.5 Å². The van der Waals surface area contributed by atoms with Gasteiger partial charge in [0, 0.05) is 12.1 Å². The highest BCUT2D eigenvalue weighted by Crippen LogP contribution is 2.22. The normalized spacial score (nSPS) is 10.6. The monoisotopic (exact) mass is 263 g/mol. The van der Waals surface area contributed by atoms with E-state index in [1.807, 2.05) is 6.92 Å². The van der Waals surface area contributed by atoms with E-state index in [4.69, 9.17) is 0 Å². The fraction of sp³-hybridized carbons (Fsp3) is 0.286. The molecule has 0 saturated carbocycles. The van der Waals surface area contributed by atoms with E-state index in [-0.39, 0.29) is 17.3 Å². The van der Waals surface area contributed by atoms with Crippen LogP contribution in [0.3, 0.4) is 0 Å². The zero-order chi connectivity index (χ0) is 14.0. The predicted octanol–water partition coefficient (Wildman–Crippen LogP) is 3.47. The van der Waals surface area contributed by atoms with Gasteiger partial charge in [-0.05, 0) is 44.5 Å². The zero-order valence-electron chi connectivity index (χ0n) is 11.1. The molecule has 19 heavy (non-hydrogen) atoms. The molecule has 0 unspecified atom stereocenters. The number of benzene rings is 1. The Kier molecular flexibility index (Phi) is 3.74. The first-order chi connectivity index (χ1) is 9.02. The lowest BCUT2D eigenvalue weighted by Gasteiger charge is -2.09. The zero-order valence-corrected chi connectivity index (χ0v) is 11.1. The minimum atomic E-state index is -0.454. The van der Waals surface area contributed by atoms with Gasteiger partial charge in [0.05, 0.1) is 5.69 Å². The van der Waals surface area contributed by atoms with Crippen molar-refractivity contribution in [3.63, 3.8) is 0 Å². The van der Waals surface area contributed by atoms with Crippen LogP contribution in [0.25, 0.3) is 11.4 Å². The molecule has 0 fully saturated rings. The van der Waals surface area contributed by atoms with E-state index in [9.17, 15) is 8.78 Å². The molecule has 1 aromatic heterocycles. The van der Waals surface area contributed by atoms with Gasteiger partial charge in [0.25, 0.3) is 0 Å². The molecule has 0 aliphatic heterocycles. The molecule has 100 valence electrons. The molecule has 0 saturated heterocycles. The minimum Gasteiger partial charge on any atom is -0.368 e. The highest BCUT2D eigenvalue weighted by Gasteiger charge is 2.12. The summed E-state index contributed by atoms with van der Waals surface area (Å²) in [5.41, 5.74) is 1.44. The lowest BCUT2D eigenvalue weighted by Crippen LogP contribution is -2.07. The molecular formula is C14H15F2N3. The quantitative estimate of drug-likeness (QED) is 0.921. The number of aromatic nitrogens is 2. The Morgan fingerprint density at radius 3 is 2.53 bits per heavy atom. The Balaban J connectivity index is 2.52. The van der Waals surface area contributed by atoms with Crippen molar-refractivity contribution < 1.29 is 8.78 Å². The summed E-state index contributed by atoms with van der Waals surface area (Å²) in [6, 6.07) is 4.60. The standard InChI is InChI=1S/C14H15F2N3/c1-4-17-14-12(16)9(3)18-13(19-14)10-5-6-11(15)8(2)7-10/h5-7H,4H2,1-3H3,(H,17,18,19). The van der Waals surface area contributed by atoms with Crippen LogP contribution in [0.4, 0.5) is 14.6 Å². The van der Waals surface area contributed by atoms with Gasteiger partial charge in [0.1, 0.15) is 5.82 Å². The number of hydrogen-bond acceptors (Lipinski definition) is 3. The molecule has 0 amide bonds. The highest BCUT2D eigenvalue weighted by atomic mass is 19.1. The predicted molar refractivity (Wildman–Crippen MR) is 71.0 cm³/mol. The Bertz CT molecular complexity index is 612. The molecule has 0 bridgehead atoms. The fourth-order valence-corrected chi connectivity index (χ4v) is 1.76. The summed E-state index contributed by atoms with van der Waals surface area (Å²) in [6.07, 6.45) is 0. The Hall–Kier alpha value is -2.04. The Morgan fingerprint density at radius 2 is 1.89 bits per heavy atom. The van der Waals surface area contributed by atoms with Gasteiger partial charge in [-0.25, -0.2) is 18.7 Å². The third-order valence-corrected chi connectivity index (χ3v) is 2.78. The van der Waals surface area contributed by atoms with Crippen LogP contribution in [-0.4, -0.2) is 16.5 Å². The van der Waals surface area contributed by atoms with Crippen LogP contribution in [-0.2, 0) is 0 Å². The maximum absolute atomic E-state index is 13.8. The fourth-order valence-electron chi connectivity index (χ4n) is 1.76. The number of hydrogen-bond donors (Lipinski definition) is 1. The smallest absolute Gasteiger partial charge is 0.186 e. The lowest BCUT2D eigenvalue weighted by molar-refractivity contribution is 0.606. The summed E-state index contributed by atoms with van der Waals surface area (Å²) in [5, 5.41) is 2.85. The minimum absolute atomic E-state index is 0.173. The van der Waals surface area contributed by atoms with Gasteiger partial charge < -0.3 is 5.32 Å². The van der Waals surface area contributed by atoms with Gasteiger partial charge in [-0.15, -0.1) is 0 Å². The molecule has 0 aliphatic carbocycles. The third kappa shape index (κ3) is 2.70. The SMILES string of the molecule is CCNc1nc(-c2ccc(F)c(C)c2)nc(C)c1F. The molecule has 1 aromatic carbocycles. The first-order valence-electron chi connectivity index (χ1n) is 6.07. The van der Waals surface area contributed by atoms with E-state index in [0.717, 1.165) is 0 Å². The Labute approximate surface area is 110 Å². The van der Waals surface area contributed by atoms with E-state index in [2.05, 4.69) is 15.3 Å². The molecule has 0 radical (unpaired) electrons. The lowest BCUT2D eigenvalue weighted by atomic mass is 10.1. The van der Waals surface area contributed by atoms with E-state index >= 15 is 0 Å². The van der Waals surface area contributed by atoms with Crippen LogP contribution in [0.15, 0.2) is 18.2 Å². The van der Waals surface area contributed by atoms with Crippen LogP contribution >= 0.6 is 0 Å². The second-order valence-corrected chi connectivity index (χ2v) is 4.29. The van der Waals surface area contributed by atoms with Crippen LogP contribution < -0.4 is 5.32 Å². The van der Waals surface area contributed by atoms with Crippen LogP contribution in [0.5, 0.6) is 0 Å². The van der Waals surface area contributed by atoms with Crippen LogP contribution in [0.2, 0.25) is 0 Å². The maximum Gasteiger partial charge on any atom is 0.186 e. The van der Waals surface area contributed by atoms with Crippen molar-refractivity contribution >= 4 is 5.82 Å². The molecule has 1 heterocycles. The highest BCUT2D eigenvalue weighted by molar-refractivity contribution is 5.59. The van der Waals surface area contributed by atoms with Gasteiger partial charge >= 0.3 is 0 Å². The van der Waals surface area contributed by atoms with Gasteiger partial charge in [0.15, 0.2) is 17.5 Å². The third-order valence-electron chi connectivity index (χ3n) is 2.78. The van der Waals surface area contributed by atoms with Crippen molar-refractivity contribution in [1.82, 2.24) is 9.97 Å². The van der Waals surface area contributed by atoms with Crippen molar-refractivity contribution in [3.05, 3.63) is 41.1 Å². The average molecular weight is 263 g/mol. The summed E-state index contributed by atoms with van der Waals surface area (Å²) in [5.74, 6) is -0.177. The summed E-state index contributed by atoms with van der Waals surface area (Å²) >= 11 is 0. The number of anilines is 1. The largest absolute Gasteiger partial charge is 0.368 e. The van der Waals surface area contributed by atoms with Crippen molar-refractivity contribution in [2.24, 2.45) is 0 Å².